The molecular weight excluding hydrogens is 501 g/mol. The van der Waals surface area contributed by atoms with E-state index < -0.39 is 12.1 Å². The van der Waals surface area contributed by atoms with Crippen molar-refractivity contribution in [3.8, 4) is 0 Å². The van der Waals surface area contributed by atoms with Gasteiger partial charge in [-0.05, 0) is 67.4 Å². The smallest absolute Gasteiger partial charge is 0.475 e. The summed E-state index contributed by atoms with van der Waals surface area (Å²) in [5, 5.41) is 14.9. The van der Waals surface area contributed by atoms with Crippen molar-refractivity contribution in [2.75, 3.05) is 26.0 Å². The van der Waals surface area contributed by atoms with Gasteiger partial charge in [-0.2, -0.15) is 13.2 Å². The van der Waals surface area contributed by atoms with E-state index in [1.54, 1.807) is 18.3 Å². The molecule has 2 aromatic carbocycles. The second-order valence-electron chi connectivity index (χ2n) is 9.22. The Hall–Kier alpha value is -3.99. The summed E-state index contributed by atoms with van der Waals surface area (Å²) in [5.41, 5.74) is 2.39. The number of hydrogen-bond donors (Lipinski definition) is 3. The summed E-state index contributed by atoms with van der Waals surface area (Å²) < 4.78 is 31.7. The van der Waals surface area contributed by atoms with Crippen LogP contribution >= 0.6 is 0 Å². The van der Waals surface area contributed by atoms with Gasteiger partial charge in [0.2, 0.25) is 0 Å². The SMILES string of the molecule is CN(C)Cc1ccc(C(=O)Nc2cccnc2C(=O)NCC2CCC2)c2ccccc12.O=C(O)C(F)(F)F. The summed E-state index contributed by atoms with van der Waals surface area (Å²) in [6.07, 6.45) is 0.0258. The van der Waals surface area contributed by atoms with Gasteiger partial charge in [-0.1, -0.05) is 36.8 Å². The average molecular weight is 531 g/mol. The molecule has 1 fully saturated rings. The fourth-order valence-electron chi connectivity index (χ4n) is 3.93. The molecule has 202 valence electrons. The number of rotatable bonds is 7. The minimum atomic E-state index is -5.08. The second kappa shape index (κ2) is 12.5. The summed E-state index contributed by atoms with van der Waals surface area (Å²) in [5.74, 6) is -2.71. The third-order valence-corrected chi connectivity index (χ3v) is 6.04. The first kappa shape index (κ1) is 28.6. The van der Waals surface area contributed by atoms with Crippen molar-refractivity contribution in [1.82, 2.24) is 15.2 Å². The number of halogens is 3. The molecule has 8 nitrogen and oxygen atoms in total. The molecule has 1 aromatic heterocycles. The summed E-state index contributed by atoms with van der Waals surface area (Å²) in [4.78, 5) is 41.1. The molecule has 0 radical (unpaired) electrons. The maximum atomic E-state index is 13.2. The van der Waals surface area contributed by atoms with Gasteiger partial charge in [0.1, 0.15) is 0 Å². The van der Waals surface area contributed by atoms with Gasteiger partial charge < -0.3 is 20.6 Å². The van der Waals surface area contributed by atoms with Gasteiger partial charge in [-0.15, -0.1) is 0 Å². The summed E-state index contributed by atoms with van der Waals surface area (Å²) in [6.45, 7) is 1.44. The highest BCUT2D eigenvalue weighted by atomic mass is 19.4. The zero-order valence-corrected chi connectivity index (χ0v) is 21.0. The van der Waals surface area contributed by atoms with Gasteiger partial charge in [0, 0.05) is 24.8 Å². The van der Waals surface area contributed by atoms with E-state index in [4.69, 9.17) is 9.90 Å². The molecular formula is C27H29F3N4O4. The fourth-order valence-corrected chi connectivity index (χ4v) is 3.93. The number of carbonyl (C=O) groups excluding carboxylic acids is 2. The molecule has 1 heterocycles. The number of anilines is 1. The van der Waals surface area contributed by atoms with Gasteiger partial charge in [-0.25, -0.2) is 9.78 Å². The Bertz CT molecular complexity index is 1310. The molecule has 1 aliphatic carbocycles. The standard InChI is InChI=1S/C25H28N4O2.C2HF3O2/c1-29(2)16-18-12-13-21(20-10-4-3-9-19(18)20)24(30)28-22-11-6-14-26-23(22)25(31)27-15-17-7-5-8-17;3-2(4,5)1(6)7/h3-4,6,9-14,17H,5,7-8,15-16H2,1-2H3,(H,27,31)(H,28,30);(H,6,7). The van der Waals surface area contributed by atoms with Crippen molar-refractivity contribution < 1.29 is 32.7 Å². The van der Waals surface area contributed by atoms with Crippen molar-refractivity contribution in [2.45, 2.75) is 32.0 Å². The molecule has 0 bridgehead atoms. The van der Waals surface area contributed by atoms with Gasteiger partial charge in [-0.3, -0.25) is 9.59 Å². The van der Waals surface area contributed by atoms with E-state index in [2.05, 4.69) is 20.5 Å². The number of amides is 2. The van der Waals surface area contributed by atoms with Gasteiger partial charge >= 0.3 is 12.1 Å². The predicted molar refractivity (Wildman–Crippen MR) is 137 cm³/mol. The van der Waals surface area contributed by atoms with Crippen LogP contribution < -0.4 is 10.6 Å². The Morgan fingerprint density at radius 1 is 1.00 bits per heavy atom. The van der Waals surface area contributed by atoms with Crippen LogP contribution in [-0.4, -0.2) is 59.6 Å². The molecule has 0 spiro atoms. The Morgan fingerprint density at radius 3 is 2.24 bits per heavy atom. The first-order chi connectivity index (χ1) is 18.0. The number of aromatic nitrogens is 1. The molecule has 11 heteroatoms. The van der Waals surface area contributed by atoms with E-state index in [9.17, 15) is 22.8 Å². The van der Waals surface area contributed by atoms with Crippen molar-refractivity contribution in [3.05, 3.63) is 71.5 Å². The maximum Gasteiger partial charge on any atom is 0.490 e. The Balaban J connectivity index is 0.000000505. The third kappa shape index (κ3) is 7.51. The number of aliphatic carboxylic acids is 1. The van der Waals surface area contributed by atoms with E-state index in [1.165, 1.54) is 6.42 Å². The molecule has 0 aliphatic heterocycles. The lowest BCUT2D eigenvalue weighted by Crippen LogP contribution is -2.33. The minimum absolute atomic E-state index is 0.240. The number of nitrogens with zero attached hydrogens (tertiary/aromatic N) is 2. The Labute approximate surface area is 217 Å². The number of alkyl halides is 3. The number of nitrogens with one attached hydrogen (secondary N) is 2. The number of pyridine rings is 1. The zero-order chi connectivity index (χ0) is 27.9. The molecule has 38 heavy (non-hydrogen) atoms. The maximum absolute atomic E-state index is 13.2. The van der Waals surface area contributed by atoms with Crippen LogP contribution in [0, 0.1) is 5.92 Å². The zero-order valence-electron chi connectivity index (χ0n) is 21.0. The van der Waals surface area contributed by atoms with Crippen LogP contribution in [0.3, 0.4) is 0 Å². The van der Waals surface area contributed by atoms with Crippen LogP contribution in [0.4, 0.5) is 18.9 Å². The van der Waals surface area contributed by atoms with Crippen LogP contribution in [0.1, 0.15) is 45.7 Å². The quantitative estimate of drug-likeness (QED) is 0.408. The summed E-state index contributed by atoms with van der Waals surface area (Å²) in [7, 11) is 4.05. The van der Waals surface area contributed by atoms with E-state index in [0.29, 0.717) is 23.7 Å². The monoisotopic (exact) mass is 530 g/mol. The number of hydrogen-bond acceptors (Lipinski definition) is 5. The summed E-state index contributed by atoms with van der Waals surface area (Å²) in [6, 6.07) is 15.2. The highest BCUT2D eigenvalue weighted by Gasteiger charge is 2.38. The molecule has 1 aliphatic rings. The largest absolute Gasteiger partial charge is 0.490 e. The van der Waals surface area contributed by atoms with Gasteiger partial charge in [0.15, 0.2) is 5.69 Å². The molecule has 0 saturated heterocycles. The number of carbonyl (C=O) groups is 3. The number of benzene rings is 2. The van der Waals surface area contributed by atoms with Gasteiger partial charge in [0.05, 0.1) is 5.69 Å². The molecule has 0 unspecified atom stereocenters. The van der Waals surface area contributed by atoms with Crippen molar-refractivity contribution in [1.29, 1.82) is 0 Å². The second-order valence-corrected chi connectivity index (χ2v) is 9.22. The molecule has 3 aromatic rings. The minimum Gasteiger partial charge on any atom is -0.475 e. The van der Waals surface area contributed by atoms with Crippen LogP contribution in [0.25, 0.3) is 10.8 Å². The predicted octanol–water partition coefficient (Wildman–Crippen LogP) is 4.71. The van der Waals surface area contributed by atoms with E-state index >= 15 is 0 Å². The van der Waals surface area contributed by atoms with Crippen LogP contribution in [0.15, 0.2) is 54.7 Å². The van der Waals surface area contributed by atoms with Crippen molar-refractivity contribution in [2.24, 2.45) is 5.92 Å². The first-order valence-corrected chi connectivity index (χ1v) is 12.0. The third-order valence-electron chi connectivity index (χ3n) is 6.04. The molecule has 0 atom stereocenters. The number of carboxylic acid groups (broad SMARTS) is 1. The number of fused-ring (bicyclic) bond motifs is 1. The van der Waals surface area contributed by atoms with E-state index in [1.807, 2.05) is 50.5 Å². The van der Waals surface area contributed by atoms with Crippen molar-refractivity contribution >= 4 is 34.2 Å². The average Bonchev–Trinajstić information content (AvgIpc) is 2.83. The fraction of sp³-hybridized carbons (Fsp3) is 0.333. The Kier molecular flexibility index (Phi) is 9.40. The molecule has 1 saturated carbocycles. The summed E-state index contributed by atoms with van der Waals surface area (Å²) >= 11 is 0. The highest BCUT2D eigenvalue weighted by Crippen LogP contribution is 2.26. The van der Waals surface area contributed by atoms with Crippen LogP contribution in [0.5, 0.6) is 0 Å². The topological polar surface area (TPSA) is 112 Å². The lowest BCUT2D eigenvalue weighted by molar-refractivity contribution is -0.192. The molecule has 3 N–H and O–H groups in total. The Morgan fingerprint density at radius 2 is 1.66 bits per heavy atom. The lowest BCUT2D eigenvalue weighted by atomic mass is 9.85. The van der Waals surface area contributed by atoms with Gasteiger partial charge in [0.25, 0.3) is 11.8 Å². The van der Waals surface area contributed by atoms with Crippen molar-refractivity contribution in [3.63, 3.8) is 0 Å². The van der Waals surface area contributed by atoms with E-state index in [-0.39, 0.29) is 17.5 Å². The van der Waals surface area contributed by atoms with Crippen LogP contribution in [-0.2, 0) is 11.3 Å². The van der Waals surface area contributed by atoms with E-state index in [0.717, 1.165) is 35.7 Å². The number of carboxylic acids is 1. The highest BCUT2D eigenvalue weighted by molar-refractivity contribution is 6.15. The molecule has 2 amide bonds. The molecule has 4 rings (SSSR count). The lowest BCUT2D eigenvalue weighted by Gasteiger charge is -2.25. The first-order valence-electron chi connectivity index (χ1n) is 12.0. The normalized spacial score (nSPS) is 13.3. The van der Waals surface area contributed by atoms with Crippen LogP contribution in [0.2, 0.25) is 0 Å².